The normalized spacial score (nSPS) is 14.3. The maximum absolute atomic E-state index is 12.6. The minimum absolute atomic E-state index is 1.35. The van der Waals surface area contributed by atoms with Gasteiger partial charge in [-0.15, -0.1) is 0 Å². The summed E-state index contributed by atoms with van der Waals surface area (Å²) in [6, 6.07) is 0. The lowest BCUT2D eigenvalue weighted by molar-refractivity contribution is -0.396. The van der Waals surface area contributed by atoms with Crippen molar-refractivity contribution in [2.75, 3.05) is 6.54 Å². The van der Waals surface area contributed by atoms with Gasteiger partial charge in [0.25, 0.3) is 0 Å². The quantitative estimate of drug-likeness (QED) is 0.316. The first-order valence-electron chi connectivity index (χ1n) is 4.02. The van der Waals surface area contributed by atoms with Gasteiger partial charge >= 0.3 is 23.9 Å². The summed E-state index contributed by atoms with van der Waals surface area (Å²) in [7, 11) is 0. The SMILES string of the molecule is [N-]=[N+]=NCCC(F)(F)C(F)(F)C(F)(F)C(F)(F)F. The maximum atomic E-state index is 12.6. The molecule has 0 saturated heterocycles. The summed E-state index contributed by atoms with van der Waals surface area (Å²) in [5.74, 6) is -19.2. The maximum Gasteiger partial charge on any atom is 0.460 e. The van der Waals surface area contributed by atoms with Gasteiger partial charge in [0.2, 0.25) is 0 Å². The Balaban J connectivity index is 5.28. The van der Waals surface area contributed by atoms with Crippen molar-refractivity contribution < 1.29 is 39.5 Å². The summed E-state index contributed by atoms with van der Waals surface area (Å²) in [4.78, 5) is 1.87. The summed E-state index contributed by atoms with van der Waals surface area (Å²) in [6.45, 7) is -1.35. The zero-order valence-electron chi connectivity index (χ0n) is 8.16. The van der Waals surface area contributed by atoms with E-state index < -0.39 is 36.9 Å². The van der Waals surface area contributed by atoms with Gasteiger partial charge in [-0.05, 0) is 5.53 Å². The molecule has 3 nitrogen and oxygen atoms in total. The zero-order valence-corrected chi connectivity index (χ0v) is 8.16. The molecule has 0 amide bonds. The smallest absolute Gasteiger partial charge is 0.200 e. The molecule has 106 valence electrons. The predicted molar refractivity (Wildman–Crippen MR) is 39.5 cm³/mol. The highest BCUT2D eigenvalue weighted by Crippen LogP contribution is 2.53. The Kier molecular flexibility index (Phi) is 4.40. The Labute approximate surface area is 93.2 Å². The summed E-state index contributed by atoms with van der Waals surface area (Å²) < 4.78 is 110. The van der Waals surface area contributed by atoms with Gasteiger partial charge in [-0.3, -0.25) is 0 Å². The molecule has 0 aliphatic rings. The fourth-order valence-electron chi connectivity index (χ4n) is 0.800. The van der Waals surface area contributed by atoms with E-state index in [1.165, 1.54) is 0 Å². The molecule has 0 radical (unpaired) electrons. The van der Waals surface area contributed by atoms with E-state index in [1.807, 2.05) is 4.91 Å². The number of rotatable bonds is 5. The van der Waals surface area contributed by atoms with Crippen molar-refractivity contribution in [2.45, 2.75) is 30.4 Å². The Hall–Kier alpha value is -1.32. The van der Waals surface area contributed by atoms with E-state index >= 15 is 0 Å². The Bertz CT molecular complexity index is 341. The van der Waals surface area contributed by atoms with E-state index in [1.54, 1.807) is 0 Å². The van der Waals surface area contributed by atoms with Crippen molar-refractivity contribution in [3.8, 4) is 0 Å². The van der Waals surface area contributed by atoms with E-state index in [-0.39, 0.29) is 0 Å². The Morgan fingerprint density at radius 3 is 1.61 bits per heavy atom. The lowest BCUT2D eigenvalue weighted by Gasteiger charge is -2.33. The van der Waals surface area contributed by atoms with Crippen molar-refractivity contribution in [3.63, 3.8) is 0 Å². The second-order valence-electron chi connectivity index (χ2n) is 3.06. The van der Waals surface area contributed by atoms with Crippen molar-refractivity contribution in [1.29, 1.82) is 0 Å². The fraction of sp³-hybridized carbons (Fsp3) is 1.00. The molecule has 0 aliphatic heterocycles. The lowest BCUT2D eigenvalue weighted by atomic mass is 10.0. The molecule has 0 bridgehead atoms. The fourth-order valence-corrected chi connectivity index (χ4v) is 0.800. The molecule has 0 aromatic rings. The highest BCUT2D eigenvalue weighted by Gasteiger charge is 2.81. The third kappa shape index (κ3) is 2.74. The topological polar surface area (TPSA) is 48.8 Å². The van der Waals surface area contributed by atoms with Gasteiger partial charge in [0.15, 0.2) is 0 Å². The van der Waals surface area contributed by atoms with E-state index in [4.69, 9.17) is 5.53 Å². The van der Waals surface area contributed by atoms with Crippen LogP contribution in [0.5, 0.6) is 0 Å². The van der Waals surface area contributed by atoms with Crippen LogP contribution in [0.2, 0.25) is 0 Å². The number of nitrogens with zero attached hydrogens (tertiary/aromatic N) is 3. The highest BCUT2D eigenvalue weighted by molar-refractivity contribution is 5.00. The largest absolute Gasteiger partial charge is 0.460 e. The van der Waals surface area contributed by atoms with Crippen LogP contribution in [-0.2, 0) is 0 Å². The van der Waals surface area contributed by atoms with Gasteiger partial charge in [0.1, 0.15) is 0 Å². The van der Waals surface area contributed by atoms with Crippen LogP contribution >= 0.6 is 0 Å². The van der Waals surface area contributed by atoms with E-state index in [0.717, 1.165) is 0 Å². The summed E-state index contributed by atoms with van der Waals surface area (Å²) in [5, 5.41) is 2.36. The van der Waals surface area contributed by atoms with Crippen LogP contribution < -0.4 is 0 Å². The number of hydrogen-bond acceptors (Lipinski definition) is 1. The molecule has 0 rings (SSSR count). The van der Waals surface area contributed by atoms with Crippen LogP contribution in [0.1, 0.15) is 6.42 Å². The zero-order chi connectivity index (χ0) is 14.8. The molecular formula is C6H4F9N3. The van der Waals surface area contributed by atoms with Crippen LogP contribution in [0.3, 0.4) is 0 Å². The van der Waals surface area contributed by atoms with Gasteiger partial charge in [-0.1, -0.05) is 5.11 Å². The van der Waals surface area contributed by atoms with Crippen LogP contribution in [0.4, 0.5) is 39.5 Å². The molecule has 0 aromatic heterocycles. The van der Waals surface area contributed by atoms with Gasteiger partial charge in [-0.25, -0.2) is 0 Å². The van der Waals surface area contributed by atoms with Crippen LogP contribution in [0, 0.1) is 0 Å². The molecule has 0 saturated carbocycles. The van der Waals surface area contributed by atoms with Crippen LogP contribution in [-0.4, -0.2) is 30.5 Å². The third-order valence-electron chi connectivity index (χ3n) is 1.80. The predicted octanol–water partition coefficient (Wildman–Crippen LogP) is 4.16. The second kappa shape index (κ2) is 4.75. The Morgan fingerprint density at radius 1 is 0.833 bits per heavy atom. The van der Waals surface area contributed by atoms with Crippen molar-refractivity contribution in [1.82, 2.24) is 0 Å². The minimum atomic E-state index is -6.90. The molecule has 0 aromatic carbocycles. The van der Waals surface area contributed by atoms with Crippen molar-refractivity contribution >= 4 is 0 Å². The summed E-state index contributed by atoms with van der Waals surface area (Å²) in [6.07, 6.45) is -8.98. The van der Waals surface area contributed by atoms with Crippen molar-refractivity contribution in [3.05, 3.63) is 10.4 Å². The van der Waals surface area contributed by atoms with Gasteiger partial charge in [0.05, 0.1) is 0 Å². The first-order valence-corrected chi connectivity index (χ1v) is 4.02. The number of hydrogen-bond donors (Lipinski definition) is 0. The lowest BCUT2D eigenvalue weighted by Crippen LogP contribution is -2.60. The van der Waals surface area contributed by atoms with Crippen molar-refractivity contribution in [2.24, 2.45) is 5.11 Å². The standard InChI is InChI=1S/C6H4F9N3/c7-3(8,1-2-17-18-16)4(9,10)5(11,12)6(13,14)15/h1-2H2. The van der Waals surface area contributed by atoms with Gasteiger partial charge in [0, 0.05) is 17.9 Å². The number of azide groups is 1. The van der Waals surface area contributed by atoms with E-state index in [2.05, 4.69) is 5.11 Å². The average Bonchev–Trinajstić information content (AvgIpc) is 2.15. The molecular weight excluding hydrogens is 285 g/mol. The second-order valence-corrected chi connectivity index (χ2v) is 3.06. The highest BCUT2D eigenvalue weighted by atomic mass is 19.4. The molecule has 0 atom stereocenters. The monoisotopic (exact) mass is 289 g/mol. The van der Waals surface area contributed by atoms with Crippen LogP contribution in [0.15, 0.2) is 5.11 Å². The summed E-state index contributed by atoms with van der Waals surface area (Å²) in [5.41, 5.74) is 7.65. The van der Waals surface area contributed by atoms with Gasteiger partial charge in [-0.2, -0.15) is 39.5 Å². The molecule has 0 N–H and O–H groups in total. The average molecular weight is 289 g/mol. The molecule has 12 heteroatoms. The molecule has 0 aliphatic carbocycles. The summed E-state index contributed by atoms with van der Waals surface area (Å²) >= 11 is 0. The van der Waals surface area contributed by atoms with E-state index in [0.29, 0.717) is 0 Å². The number of halogens is 9. The first kappa shape index (κ1) is 16.7. The molecule has 0 fully saturated rings. The van der Waals surface area contributed by atoms with Crippen LogP contribution in [0.25, 0.3) is 10.4 Å². The molecule has 18 heavy (non-hydrogen) atoms. The molecule has 0 unspecified atom stereocenters. The Morgan fingerprint density at radius 2 is 1.28 bits per heavy atom. The molecule has 0 heterocycles. The van der Waals surface area contributed by atoms with E-state index in [9.17, 15) is 39.5 Å². The third-order valence-corrected chi connectivity index (χ3v) is 1.80. The van der Waals surface area contributed by atoms with Gasteiger partial charge < -0.3 is 0 Å². The minimum Gasteiger partial charge on any atom is -0.200 e. The number of alkyl halides is 9. The molecule has 0 spiro atoms. The first-order chi connectivity index (χ1) is 7.81.